The van der Waals surface area contributed by atoms with Gasteiger partial charge in [0.15, 0.2) is 0 Å². The molecule has 2 rings (SSSR count). The Balaban J connectivity index is 2.02. The maximum atomic E-state index is 11.8. The third-order valence-electron chi connectivity index (χ3n) is 3.44. The molecule has 1 aliphatic rings. The van der Waals surface area contributed by atoms with Gasteiger partial charge in [-0.05, 0) is 42.7 Å². The van der Waals surface area contributed by atoms with Crippen LogP contribution in [0.25, 0.3) is 0 Å². The van der Waals surface area contributed by atoms with E-state index in [4.69, 9.17) is 0 Å². The van der Waals surface area contributed by atoms with Gasteiger partial charge in [-0.15, -0.1) is 0 Å². The van der Waals surface area contributed by atoms with Crippen molar-refractivity contribution in [3.8, 4) is 0 Å². The number of amides is 1. The van der Waals surface area contributed by atoms with E-state index >= 15 is 0 Å². The molecular formula is C16H24N2OS. The number of carbonyl (C=O) groups is 1. The molecular weight excluding hydrogens is 268 g/mol. The summed E-state index contributed by atoms with van der Waals surface area (Å²) in [6.45, 7) is 7.23. The van der Waals surface area contributed by atoms with Crippen LogP contribution < -0.4 is 10.6 Å². The molecule has 0 aromatic heterocycles. The predicted molar refractivity (Wildman–Crippen MR) is 87.6 cm³/mol. The highest BCUT2D eigenvalue weighted by molar-refractivity contribution is 7.99. The predicted octanol–water partition coefficient (Wildman–Crippen LogP) is 3.38. The van der Waals surface area contributed by atoms with Crippen molar-refractivity contribution < 1.29 is 4.79 Å². The number of carbonyl (C=O) groups excluding carboxylic acids is 1. The van der Waals surface area contributed by atoms with Crippen molar-refractivity contribution in [1.29, 1.82) is 0 Å². The average Bonchev–Trinajstić information content (AvgIpc) is 2.38. The van der Waals surface area contributed by atoms with Crippen LogP contribution in [0.3, 0.4) is 0 Å². The average molecular weight is 292 g/mol. The van der Waals surface area contributed by atoms with Gasteiger partial charge in [-0.25, -0.2) is 0 Å². The number of rotatable bonds is 4. The quantitative estimate of drug-likeness (QED) is 0.894. The van der Waals surface area contributed by atoms with Crippen LogP contribution in [0.4, 0.5) is 5.69 Å². The van der Waals surface area contributed by atoms with Crippen molar-refractivity contribution >= 4 is 23.4 Å². The first kappa shape index (κ1) is 15.2. The lowest BCUT2D eigenvalue weighted by atomic mass is 9.88. The van der Waals surface area contributed by atoms with E-state index in [9.17, 15) is 4.79 Å². The molecule has 1 aliphatic heterocycles. The molecule has 1 aromatic carbocycles. The minimum absolute atomic E-state index is 0.00509. The maximum Gasteiger partial charge on any atom is 0.251 e. The molecule has 1 aromatic rings. The molecule has 4 heteroatoms. The zero-order valence-electron chi connectivity index (χ0n) is 12.5. The molecule has 0 aliphatic carbocycles. The van der Waals surface area contributed by atoms with Crippen LogP contribution in [0, 0.1) is 5.41 Å². The molecule has 0 radical (unpaired) electrons. The number of thioether (sulfide) groups is 1. The highest BCUT2D eigenvalue weighted by Gasteiger charge is 2.28. The van der Waals surface area contributed by atoms with Crippen LogP contribution in [-0.4, -0.2) is 30.0 Å². The molecule has 1 amide bonds. The van der Waals surface area contributed by atoms with Crippen molar-refractivity contribution in [3.63, 3.8) is 0 Å². The Bertz CT molecular complexity index is 473. The second kappa shape index (κ2) is 6.53. The summed E-state index contributed by atoms with van der Waals surface area (Å²) in [6, 6.07) is 8.25. The van der Waals surface area contributed by atoms with Crippen molar-refractivity contribution in [2.75, 3.05) is 23.4 Å². The van der Waals surface area contributed by atoms with E-state index in [0.717, 1.165) is 17.0 Å². The molecule has 110 valence electrons. The van der Waals surface area contributed by atoms with Crippen LogP contribution in [0.1, 0.15) is 37.6 Å². The molecule has 2 N–H and O–H groups in total. The number of hydrogen-bond donors (Lipinski definition) is 2. The van der Waals surface area contributed by atoms with Gasteiger partial charge in [0.2, 0.25) is 0 Å². The first-order valence-electron chi connectivity index (χ1n) is 7.23. The lowest BCUT2D eigenvalue weighted by Crippen LogP contribution is -2.35. The monoisotopic (exact) mass is 292 g/mol. The highest BCUT2D eigenvalue weighted by atomic mass is 32.2. The molecule has 1 atom stereocenters. The molecule has 20 heavy (non-hydrogen) atoms. The minimum Gasteiger partial charge on any atom is -0.381 e. The van der Waals surface area contributed by atoms with Crippen LogP contribution >= 0.6 is 11.8 Å². The van der Waals surface area contributed by atoms with Gasteiger partial charge in [0.25, 0.3) is 5.91 Å². The SMILES string of the molecule is CCNC(=O)c1cccc(NC2CSCC(C)(C)C2)c1. The van der Waals surface area contributed by atoms with Gasteiger partial charge in [0.1, 0.15) is 0 Å². The number of anilines is 1. The lowest BCUT2D eigenvalue weighted by molar-refractivity contribution is 0.0956. The number of hydrogen-bond acceptors (Lipinski definition) is 3. The number of benzene rings is 1. The third-order valence-corrected chi connectivity index (χ3v) is 5.07. The van der Waals surface area contributed by atoms with E-state index in [2.05, 4.69) is 24.5 Å². The summed E-state index contributed by atoms with van der Waals surface area (Å²) in [6.07, 6.45) is 1.17. The van der Waals surface area contributed by atoms with E-state index in [-0.39, 0.29) is 5.91 Å². The van der Waals surface area contributed by atoms with Gasteiger partial charge < -0.3 is 10.6 Å². The Kier molecular flexibility index (Phi) is 4.97. The van der Waals surface area contributed by atoms with Crippen molar-refractivity contribution in [2.45, 2.75) is 33.2 Å². The van der Waals surface area contributed by atoms with E-state index in [1.54, 1.807) is 0 Å². The zero-order chi connectivity index (χ0) is 14.6. The third kappa shape index (κ3) is 4.17. The first-order valence-corrected chi connectivity index (χ1v) is 8.38. The van der Waals surface area contributed by atoms with Crippen LogP contribution in [-0.2, 0) is 0 Å². The fourth-order valence-electron chi connectivity index (χ4n) is 2.60. The van der Waals surface area contributed by atoms with Crippen LogP contribution in [0.15, 0.2) is 24.3 Å². The van der Waals surface area contributed by atoms with Gasteiger partial charge >= 0.3 is 0 Å². The first-order chi connectivity index (χ1) is 9.50. The van der Waals surface area contributed by atoms with Gasteiger partial charge in [0.05, 0.1) is 0 Å². The molecule has 0 spiro atoms. The zero-order valence-corrected chi connectivity index (χ0v) is 13.3. The number of nitrogens with one attached hydrogen (secondary N) is 2. The van der Waals surface area contributed by atoms with Gasteiger partial charge in [-0.3, -0.25) is 4.79 Å². The molecule has 1 unspecified atom stereocenters. The second-order valence-electron chi connectivity index (χ2n) is 6.16. The van der Waals surface area contributed by atoms with E-state index in [0.29, 0.717) is 18.0 Å². The van der Waals surface area contributed by atoms with Crippen LogP contribution in [0.2, 0.25) is 0 Å². The fourth-order valence-corrected chi connectivity index (χ4v) is 3.88. The van der Waals surface area contributed by atoms with E-state index in [1.165, 1.54) is 12.2 Å². The van der Waals surface area contributed by atoms with Crippen molar-refractivity contribution in [1.82, 2.24) is 5.32 Å². The van der Waals surface area contributed by atoms with E-state index in [1.807, 2.05) is 43.0 Å². The summed E-state index contributed by atoms with van der Waals surface area (Å²) in [5.74, 6) is 2.35. The molecule has 0 saturated carbocycles. The maximum absolute atomic E-state index is 11.8. The summed E-state index contributed by atoms with van der Waals surface area (Å²) in [5.41, 5.74) is 2.15. The topological polar surface area (TPSA) is 41.1 Å². The van der Waals surface area contributed by atoms with Gasteiger partial charge in [-0.1, -0.05) is 19.9 Å². The standard InChI is InChI=1S/C16H24N2OS/c1-4-17-15(19)12-6-5-7-13(8-12)18-14-9-16(2,3)11-20-10-14/h5-8,14,18H,4,9-11H2,1-3H3,(H,17,19). The normalized spacial score (nSPS) is 21.2. The Morgan fingerprint density at radius 3 is 2.95 bits per heavy atom. The summed E-state index contributed by atoms with van der Waals surface area (Å²) in [5, 5.41) is 6.41. The Morgan fingerprint density at radius 1 is 1.45 bits per heavy atom. The lowest BCUT2D eigenvalue weighted by Gasteiger charge is -2.35. The summed E-state index contributed by atoms with van der Waals surface area (Å²) in [7, 11) is 0. The summed E-state index contributed by atoms with van der Waals surface area (Å²) in [4.78, 5) is 11.8. The summed E-state index contributed by atoms with van der Waals surface area (Å²) >= 11 is 2.01. The van der Waals surface area contributed by atoms with Gasteiger partial charge in [0, 0.05) is 29.6 Å². The Morgan fingerprint density at radius 2 is 2.25 bits per heavy atom. The van der Waals surface area contributed by atoms with Crippen LogP contribution in [0.5, 0.6) is 0 Å². The second-order valence-corrected chi connectivity index (χ2v) is 7.20. The highest BCUT2D eigenvalue weighted by Crippen LogP contribution is 2.34. The van der Waals surface area contributed by atoms with Crippen molar-refractivity contribution in [2.24, 2.45) is 5.41 Å². The summed E-state index contributed by atoms with van der Waals surface area (Å²) < 4.78 is 0. The Labute approximate surface area is 125 Å². The molecule has 1 heterocycles. The smallest absolute Gasteiger partial charge is 0.251 e. The van der Waals surface area contributed by atoms with E-state index < -0.39 is 0 Å². The van der Waals surface area contributed by atoms with Crippen molar-refractivity contribution in [3.05, 3.63) is 29.8 Å². The largest absolute Gasteiger partial charge is 0.381 e. The fraction of sp³-hybridized carbons (Fsp3) is 0.562. The molecule has 1 saturated heterocycles. The molecule has 1 fully saturated rings. The molecule has 3 nitrogen and oxygen atoms in total. The molecule has 0 bridgehead atoms. The Hall–Kier alpha value is -1.16. The minimum atomic E-state index is -0.00509. The van der Waals surface area contributed by atoms with Gasteiger partial charge in [-0.2, -0.15) is 11.8 Å².